The molecule has 0 aliphatic heterocycles. The molecule has 29 heavy (non-hydrogen) atoms. The first-order valence-electron chi connectivity index (χ1n) is 8.99. The first-order valence-corrected chi connectivity index (χ1v) is 9.79. The second kappa shape index (κ2) is 8.46. The van der Waals surface area contributed by atoms with E-state index in [0.29, 0.717) is 17.0 Å². The van der Waals surface area contributed by atoms with E-state index in [1.165, 1.54) is 0 Å². The minimum absolute atomic E-state index is 0.122. The van der Waals surface area contributed by atoms with Gasteiger partial charge in [-0.15, -0.1) is 0 Å². The molecule has 1 amide bonds. The number of carbonyl (C=O) groups is 1. The van der Waals surface area contributed by atoms with Crippen molar-refractivity contribution in [3.05, 3.63) is 88.5 Å². The van der Waals surface area contributed by atoms with E-state index in [-0.39, 0.29) is 12.5 Å². The summed E-state index contributed by atoms with van der Waals surface area (Å²) in [5.41, 5.74) is 2.83. The lowest BCUT2D eigenvalue weighted by Gasteiger charge is -2.13. The van der Waals surface area contributed by atoms with E-state index in [2.05, 4.69) is 31.4 Å². The van der Waals surface area contributed by atoms with Crippen LogP contribution in [0.4, 0.5) is 5.69 Å². The third kappa shape index (κ3) is 4.64. The molecule has 0 saturated carbocycles. The number of anilines is 1. The third-order valence-electron chi connectivity index (χ3n) is 4.48. The molecule has 4 aromatic rings. The van der Waals surface area contributed by atoms with Gasteiger partial charge in [-0.25, -0.2) is 0 Å². The number of benzene rings is 3. The molecule has 6 nitrogen and oxygen atoms in total. The SMILES string of the molecule is O=C(Nc1ccc2cn[nH]c2c1)c1ccc(OCC(O)c2ccc(Br)cc2)cc1. The van der Waals surface area contributed by atoms with Crippen LogP contribution in [0.2, 0.25) is 0 Å². The van der Waals surface area contributed by atoms with Crippen LogP contribution in [0.15, 0.2) is 77.4 Å². The Kier molecular flexibility index (Phi) is 5.59. The van der Waals surface area contributed by atoms with E-state index >= 15 is 0 Å². The van der Waals surface area contributed by atoms with Gasteiger partial charge in [-0.2, -0.15) is 5.10 Å². The van der Waals surface area contributed by atoms with Crippen molar-refractivity contribution in [1.29, 1.82) is 0 Å². The summed E-state index contributed by atoms with van der Waals surface area (Å²) in [5, 5.41) is 20.9. The van der Waals surface area contributed by atoms with E-state index in [9.17, 15) is 9.90 Å². The van der Waals surface area contributed by atoms with Gasteiger partial charge in [0.25, 0.3) is 5.91 Å². The molecule has 0 spiro atoms. The fourth-order valence-corrected chi connectivity index (χ4v) is 3.14. The Hall–Kier alpha value is -3.16. The maximum absolute atomic E-state index is 12.5. The smallest absolute Gasteiger partial charge is 0.255 e. The summed E-state index contributed by atoms with van der Waals surface area (Å²) in [6.45, 7) is 0.122. The van der Waals surface area contributed by atoms with Gasteiger partial charge in [0.15, 0.2) is 0 Å². The van der Waals surface area contributed by atoms with Crippen molar-refractivity contribution >= 4 is 38.4 Å². The minimum Gasteiger partial charge on any atom is -0.491 e. The van der Waals surface area contributed by atoms with Crippen molar-refractivity contribution in [2.45, 2.75) is 6.10 Å². The number of ether oxygens (including phenoxy) is 1. The van der Waals surface area contributed by atoms with Gasteiger partial charge in [0.05, 0.1) is 11.7 Å². The molecule has 7 heteroatoms. The number of nitrogens with one attached hydrogen (secondary N) is 2. The zero-order valence-corrected chi connectivity index (χ0v) is 16.9. The second-order valence-corrected chi connectivity index (χ2v) is 7.44. The number of aromatic amines is 1. The summed E-state index contributed by atoms with van der Waals surface area (Å²) in [7, 11) is 0. The Morgan fingerprint density at radius 3 is 2.62 bits per heavy atom. The van der Waals surface area contributed by atoms with Crippen LogP contribution in [-0.4, -0.2) is 27.8 Å². The van der Waals surface area contributed by atoms with Crippen LogP contribution in [0.25, 0.3) is 10.9 Å². The predicted octanol–water partition coefficient (Wildman–Crippen LogP) is 4.69. The highest BCUT2D eigenvalue weighted by molar-refractivity contribution is 9.10. The number of nitrogens with zero attached hydrogens (tertiary/aromatic N) is 1. The highest BCUT2D eigenvalue weighted by atomic mass is 79.9. The van der Waals surface area contributed by atoms with Crippen LogP contribution in [0, 0.1) is 0 Å². The molecule has 1 aromatic heterocycles. The van der Waals surface area contributed by atoms with Gasteiger partial charge in [-0.3, -0.25) is 9.89 Å². The van der Waals surface area contributed by atoms with Gasteiger partial charge in [0, 0.05) is 21.1 Å². The molecule has 3 N–H and O–H groups in total. The van der Waals surface area contributed by atoms with Gasteiger partial charge < -0.3 is 15.2 Å². The average Bonchev–Trinajstić information content (AvgIpc) is 3.21. The number of aliphatic hydroxyl groups is 1. The lowest BCUT2D eigenvalue weighted by atomic mass is 10.1. The Bertz CT molecular complexity index is 1120. The van der Waals surface area contributed by atoms with Crippen LogP contribution < -0.4 is 10.1 Å². The van der Waals surface area contributed by atoms with Crippen molar-refractivity contribution in [1.82, 2.24) is 10.2 Å². The average molecular weight is 452 g/mol. The monoisotopic (exact) mass is 451 g/mol. The van der Waals surface area contributed by atoms with Crippen LogP contribution in [0.1, 0.15) is 22.0 Å². The molecule has 1 heterocycles. The van der Waals surface area contributed by atoms with E-state index < -0.39 is 6.10 Å². The van der Waals surface area contributed by atoms with Gasteiger partial charge in [-0.1, -0.05) is 28.1 Å². The number of carbonyl (C=O) groups excluding carboxylic acids is 1. The molecule has 0 aliphatic carbocycles. The Morgan fingerprint density at radius 2 is 1.86 bits per heavy atom. The molecule has 0 fully saturated rings. The van der Waals surface area contributed by atoms with Crippen molar-refractivity contribution in [3.63, 3.8) is 0 Å². The molecule has 0 bridgehead atoms. The number of amides is 1. The van der Waals surface area contributed by atoms with E-state index in [4.69, 9.17) is 4.74 Å². The number of aromatic nitrogens is 2. The number of fused-ring (bicyclic) bond motifs is 1. The fourth-order valence-electron chi connectivity index (χ4n) is 2.88. The summed E-state index contributed by atoms with van der Waals surface area (Å²) in [6.07, 6.45) is 0.997. The van der Waals surface area contributed by atoms with Crippen LogP contribution in [0.3, 0.4) is 0 Å². The standard InChI is InChI=1S/C22H18BrN3O3/c23-17-6-1-14(2-7-17)21(27)13-29-19-9-4-15(5-10-19)22(28)25-18-8-3-16-12-24-26-20(16)11-18/h1-12,21,27H,13H2,(H,24,26)(H,25,28). The normalized spacial score (nSPS) is 11.9. The third-order valence-corrected chi connectivity index (χ3v) is 5.01. The van der Waals surface area contributed by atoms with Crippen molar-refractivity contribution < 1.29 is 14.6 Å². The number of halogens is 1. The van der Waals surface area contributed by atoms with Crippen molar-refractivity contribution in [3.8, 4) is 5.75 Å². The quantitative estimate of drug-likeness (QED) is 0.396. The first kappa shape index (κ1) is 19.2. The molecule has 0 saturated heterocycles. The highest BCUT2D eigenvalue weighted by Crippen LogP contribution is 2.20. The molecule has 3 aromatic carbocycles. The summed E-state index contributed by atoms with van der Waals surface area (Å²) < 4.78 is 6.59. The van der Waals surface area contributed by atoms with Gasteiger partial charge in [0.1, 0.15) is 18.5 Å². The van der Waals surface area contributed by atoms with Gasteiger partial charge in [-0.05, 0) is 60.2 Å². The van der Waals surface area contributed by atoms with E-state index in [1.807, 2.05) is 42.5 Å². The summed E-state index contributed by atoms with van der Waals surface area (Å²) in [4.78, 5) is 12.5. The van der Waals surface area contributed by atoms with E-state index in [0.717, 1.165) is 20.9 Å². The van der Waals surface area contributed by atoms with Crippen LogP contribution in [0.5, 0.6) is 5.75 Å². The largest absolute Gasteiger partial charge is 0.491 e. The molecule has 4 rings (SSSR count). The van der Waals surface area contributed by atoms with Crippen molar-refractivity contribution in [2.75, 3.05) is 11.9 Å². The maximum Gasteiger partial charge on any atom is 0.255 e. The minimum atomic E-state index is -0.733. The second-order valence-electron chi connectivity index (χ2n) is 6.53. The zero-order chi connectivity index (χ0) is 20.2. The zero-order valence-electron chi connectivity index (χ0n) is 15.3. The Morgan fingerprint density at radius 1 is 1.10 bits per heavy atom. The molecule has 146 valence electrons. The van der Waals surface area contributed by atoms with Gasteiger partial charge >= 0.3 is 0 Å². The molecular weight excluding hydrogens is 434 g/mol. The van der Waals surface area contributed by atoms with Gasteiger partial charge in [0.2, 0.25) is 0 Å². The summed E-state index contributed by atoms with van der Waals surface area (Å²) >= 11 is 3.37. The van der Waals surface area contributed by atoms with E-state index in [1.54, 1.807) is 30.5 Å². The molecule has 0 aliphatic rings. The fraction of sp³-hybridized carbons (Fsp3) is 0.0909. The molecule has 1 atom stereocenters. The predicted molar refractivity (Wildman–Crippen MR) is 115 cm³/mol. The first-order chi connectivity index (χ1) is 14.1. The Balaban J connectivity index is 1.35. The maximum atomic E-state index is 12.5. The summed E-state index contributed by atoms with van der Waals surface area (Å²) in [5.74, 6) is 0.363. The lowest BCUT2D eigenvalue weighted by Crippen LogP contribution is -2.12. The lowest BCUT2D eigenvalue weighted by molar-refractivity contribution is 0.102. The number of H-pyrrole nitrogens is 1. The molecule has 1 unspecified atom stereocenters. The number of hydrogen-bond acceptors (Lipinski definition) is 4. The number of hydrogen-bond donors (Lipinski definition) is 3. The number of aliphatic hydroxyl groups excluding tert-OH is 1. The highest BCUT2D eigenvalue weighted by Gasteiger charge is 2.10. The van der Waals surface area contributed by atoms with Crippen LogP contribution >= 0.6 is 15.9 Å². The van der Waals surface area contributed by atoms with Crippen molar-refractivity contribution in [2.24, 2.45) is 0 Å². The van der Waals surface area contributed by atoms with Crippen LogP contribution in [-0.2, 0) is 0 Å². The molecule has 0 radical (unpaired) electrons. The number of rotatable bonds is 6. The topological polar surface area (TPSA) is 87.2 Å². The Labute approximate surface area is 175 Å². The molecular formula is C22H18BrN3O3. The summed E-state index contributed by atoms with van der Waals surface area (Å²) in [6, 6.07) is 19.8.